The SMILES string of the molecule is O=C(O)COOOCC(=O)O. The highest BCUT2D eigenvalue weighted by Gasteiger charge is 1.99. The first kappa shape index (κ1) is 9.82. The van der Waals surface area contributed by atoms with Crippen molar-refractivity contribution < 1.29 is 34.6 Å². The number of hydrogen-bond acceptors (Lipinski definition) is 5. The molecule has 0 aromatic rings. The van der Waals surface area contributed by atoms with Crippen LogP contribution in [-0.4, -0.2) is 35.4 Å². The van der Waals surface area contributed by atoms with Crippen molar-refractivity contribution in [3.63, 3.8) is 0 Å². The van der Waals surface area contributed by atoms with Gasteiger partial charge < -0.3 is 10.2 Å². The second-order valence-electron chi connectivity index (χ2n) is 1.38. The second kappa shape index (κ2) is 5.59. The van der Waals surface area contributed by atoms with Crippen LogP contribution in [0.2, 0.25) is 0 Å². The van der Waals surface area contributed by atoms with Crippen LogP contribution < -0.4 is 0 Å². The first-order chi connectivity index (χ1) is 5.13. The summed E-state index contributed by atoms with van der Waals surface area (Å²) in [7, 11) is 0. The zero-order valence-corrected chi connectivity index (χ0v) is 5.35. The molecule has 0 saturated carbocycles. The largest absolute Gasteiger partial charge is 0.479 e. The van der Waals surface area contributed by atoms with Gasteiger partial charge in [0.15, 0.2) is 13.2 Å². The van der Waals surface area contributed by atoms with Gasteiger partial charge in [-0.05, 0) is 0 Å². The third-order valence-electron chi connectivity index (χ3n) is 0.461. The van der Waals surface area contributed by atoms with Crippen molar-refractivity contribution in [1.82, 2.24) is 0 Å². The van der Waals surface area contributed by atoms with Crippen LogP contribution in [-0.2, 0) is 24.4 Å². The van der Waals surface area contributed by atoms with Crippen LogP contribution in [0.15, 0.2) is 0 Å². The molecule has 0 bridgehead atoms. The van der Waals surface area contributed by atoms with E-state index in [1.165, 1.54) is 0 Å². The smallest absolute Gasteiger partial charge is 0.333 e. The Balaban J connectivity index is 3.03. The highest BCUT2D eigenvalue weighted by Crippen LogP contribution is 1.80. The van der Waals surface area contributed by atoms with E-state index in [2.05, 4.69) is 14.8 Å². The molecular weight excluding hydrogens is 160 g/mol. The van der Waals surface area contributed by atoms with E-state index in [-0.39, 0.29) is 0 Å². The molecule has 0 aromatic carbocycles. The molecule has 0 aromatic heterocycles. The fourth-order valence-corrected chi connectivity index (χ4v) is 0.183. The molecule has 0 saturated heterocycles. The topological polar surface area (TPSA) is 102 Å². The van der Waals surface area contributed by atoms with Gasteiger partial charge in [-0.15, -0.1) is 0 Å². The van der Waals surface area contributed by atoms with E-state index < -0.39 is 25.2 Å². The summed E-state index contributed by atoms with van der Waals surface area (Å²) in [6.07, 6.45) is 0. The Morgan fingerprint density at radius 2 is 1.36 bits per heavy atom. The van der Waals surface area contributed by atoms with Crippen molar-refractivity contribution in [2.24, 2.45) is 0 Å². The Labute approximate surface area is 60.9 Å². The number of carbonyl (C=O) groups is 2. The number of hydrogen-bond donors (Lipinski definition) is 2. The quantitative estimate of drug-likeness (QED) is 0.297. The van der Waals surface area contributed by atoms with Gasteiger partial charge in [0.1, 0.15) is 0 Å². The molecule has 11 heavy (non-hydrogen) atoms. The van der Waals surface area contributed by atoms with E-state index in [0.29, 0.717) is 0 Å². The van der Waals surface area contributed by atoms with Gasteiger partial charge in [0.05, 0.1) is 0 Å². The van der Waals surface area contributed by atoms with E-state index in [4.69, 9.17) is 10.2 Å². The average Bonchev–Trinajstić information content (AvgIpc) is 1.85. The maximum absolute atomic E-state index is 9.72. The van der Waals surface area contributed by atoms with E-state index in [9.17, 15) is 9.59 Å². The summed E-state index contributed by atoms with van der Waals surface area (Å²) in [5, 5.41) is 19.6. The minimum atomic E-state index is -1.25. The third-order valence-corrected chi connectivity index (χ3v) is 0.461. The molecule has 0 aliphatic carbocycles. The predicted octanol–water partition coefficient (Wildman–Crippen LogP) is -0.965. The van der Waals surface area contributed by atoms with Gasteiger partial charge in [0.25, 0.3) is 0 Å². The monoisotopic (exact) mass is 166 g/mol. The molecule has 0 radical (unpaired) electrons. The molecule has 64 valence electrons. The molecule has 0 unspecified atom stereocenters. The third kappa shape index (κ3) is 8.82. The van der Waals surface area contributed by atoms with Gasteiger partial charge in [-0.1, -0.05) is 5.04 Å². The maximum atomic E-state index is 9.72. The minimum Gasteiger partial charge on any atom is -0.479 e. The van der Waals surface area contributed by atoms with Crippen LogP contribution in [0.4, 0.5) is 0 Å². The number of aliphatic carboxylic acids is 2. The molecular formula is C4H6O7. The number of carboxylic acid groups (broad SMARTS) is 2. The van der Waals surface area contributed by atoms with E-state index in [1.54, 1.807) is 0 Å². The molecule has 0 aliphatic rings. The lowest BCUT2D eigenvalue weighted by Crippen LogP contribution is -2.11. The van der Waals surface area contributed by atoms with Gasteiger partial charge in [0, 0.05) is 0 Å². The molecule has 0 spiro atoms. The number of rotatable bonds is 6. The lowest BCUT2D eigenvalue weighted by molar-refractivity contribution is -0.505. The summed E-state index contributed by atoms with van der Waals surface area (Å²) < 4.78 is 0. The van der Waals surface area contributed by atoms with Gasteiger partial charge in [0.2, 0.25) is 0 Å². The minimum absolute atomic E-state index is 0.709. The van der Waals surface area contributed by atoms with Crippen molar-refractivity contribution in [1.29, 1.82) is 0 Å². The molecule has 7 nitrogen and oxygen atoms in total. The van der Waals surface area contributed by atoms with Crippen LogP contribution in [0.3, 0.4) is 0 Å². The van der Waals surface area contributed by atoms with Crippen molar-refractivity contribution in [3.05, 3.63) is 0 Å². The molecule has 0 atom stereocenters. The van der Waals surface area contributed by atoms with E-state index in [1.807, 2.05) is 0 Å². The first-order valence-electron chi connectivity index (χ1n) is 2.47. The highest BCUT2D eigenvalue weighted by atomic mass is 17.5. The van der Waals surface area contributed by atoms with Crippen LogP contribution in [0.1, 0.15) is 0 Å². The van der Waals surface area contributed by atoms with Gasteiger partial charge in [-0.3, -0.25) is 0 Å². The molecule has 0 fully saturated rings. The molecule has 0 rings (SSSR count). The fraction of sp³-hybridized carbons (Fsp3) is 0.500. The van der Waals surface area contributed by atoms with Crippen molar-refractivity contribution in [3.8, 4) is 0 Å². The summed E-state index contributed by atoms with van der Waals surface area (Å²) in [6.45, 7) is -1.42. The van der Waals surface area contributed by atoms with Gasteiger partial charge in [-0.25, -0.2) is 9.59 Å². The summed E-state index contributed by atoms with van der Waals surface area (Å²) in [5.41, 5.74) is 0. The van der Waals surface area contributed by atoms with Crippen LogP contribution >= 0.6 is 0 Å². The van der Waals surface area contributed by atoms with Gasteiger partial charge in [-0.2, -0.15) is 9.78 Å². The number of carboxylic acids is 2. The zero-order valence-electron chi connectivity index (χ0n) is 5.35. The Morgan fingerprint density at radius 3 is 1.64 bits per heavy atom. The standard InChI is InChI=1S/C4H6O7/c5-3(6)1-9-11-10-2-4(7)8/h1-2H2,(H,5,6)(H,7,8). The van der Waals surface area contributed by atoms with E-state index in [0.717, 1.165) is 0 Å². The highest BCUT2D eigenvalue weighted by molar-refractivity contribution is 5.68. The summed E-state index contributed by atoms with van der Waals surface area (Å²) >= 11 is 0. The Morgan fingerprint density at radius 1 is 1.00 bits per heavy atom. The van der Waals surface area contributed by atoms with Crippen LogP contribution in [0.25, 0.3) is 0 Å². The van der Waals surface area contributed by atoms with E-state index >= 15 is 0 Å². The first-order valence-corrected chi connectivity index (χ1v) is 2.47. The Bertz CT molecular complexity index is 125. The Kier molecular flexibility index (Phi) is 4.99. The van der Waals surface area contributed by atoms with Crippen LogP contribution in [0, 0.1) is 0 Å². The second-order valence-corrected chi connectivity index (χ2v) is 1.38. The fourth-order valence-electron chi connectivity index (χ4n) is 0.183. The van der Waals surface area contributed by atoms with Gasteiger partial charge >= 0.3 is 11.9 Å². The summed E-state index contributed by atoms with van der Waals surface area (Å²) in [6, 6.07) is 0. The lowest BCUT2D eigenvalue weighted by Gasteiger charge is -1.96. The maximum Gasteiger partial charge on any atom is 0.333 e. The molecule has 0 aliphatic heterocycles. The molecule has 7 heteroatoms. The van der Waals surface area contributed by atoms with Crippen molar-refractivity contribution in [2.45, 2.75) is 0 Å². The molecule has 2 N–H and O–H groups in total. The lowest BCUT2D eigenvalue weighted by atomic mass is 10.8. The zero-order chi connectivity index (χ0) is 8.69. The summed E-state index contributed by atoms with van der Waals surface area (Å²) in [4.78, 5) is 27.2. The molecule has 0 heterocycles. The van der Waals surface area contributed by atoms with Crippen molar-refractivity contribution >= 4 is 11.9 Å². The normalized spacial score (nSPS) is 9.45. The van der Waals surface area contributed by atoms with Crippen molar-refractivity contribution in [2.75, 3.05) is 13.2 Å². The predicted molar refractivity (Wildman–Crippen MR) is 28.3 cm³/mol. The molecule has 0 amide bonds. The summed E-state index contributed by atoms with van der Waals surface area (Å²) in [5.74, 6) is -2.49. The average molecular weight is 166 g/mol. The van der Waals surface area contributed by atoms with Crippen LogP contribution in [0.5, 0.6) is 0 Å². The Hall–Kier alpha value is -1.18.